The number of amides is 1. The van der Waals surface area contributed by atoms with E-state index in [0.717, 1.165) is 22.6 Å². The van der Waals surface area contributed by atoms with Crippen LogP contribution < -0.4 is 10.1 Å². The largest absolute Gasteiger partial charge is 0.489 e. The molecule has 3 rings (SSSR count). The van der Waals surface area contributed by atoms with Crippen LogP contribution >= 0.6 is 23.2 Å². The van der Waals surface area contributed by atoms with Crippen molar-refractivity contribution in [3.8, 4) is 5.75 Å². The summed E-state index contributed by atoms with van der Waals surface area (Å²) in [6.07, 6.45) is 1.59. The molecule has 0 aliphatic heterocycles. The summed E-state index contributed by atoms with van der Waals surface area (Å²) in [6, 6.07) is 12.9. The van der Waals surface area contributed by atoms with Gasteiger partial charge < -0.3 is 10.1 Å². The van der Waals surface area contributed by atoms with Gasteiger partial charge in [-0.1, -0.05) is 35.3 Å². The maximum Gasteiger partial charge on any atom is 0.251 e. The third-order valence-electron chi connectivity index (χ3n) is 4.36. The van der Waals surface area contributed by atoms with E-state index >= 15 is 0 Å². The Morgan fingerprint density at radius 1 is 1.14 bits per heavy atom. The molecule has 1 heterocycles. The van der Waals surface area contributed by atoms with Crippen molar-refractivity contribution in [2.45, 2.75) is 33.5 Å². The molecule has 2 aromatic carbocycles. The zero-order valence-corrected chi connectivity index (χ0v) is 17.2. The van der Waals surface area contributed by atoms with Gasteiger partial charge in [-0.2, -0.15) is 5.10 Å². The van der Waals surface area contributed by atoms with Crippen molar-refractivity contribution in [3.05, 3.63) is 81.1 Å². The van der Waals surface area contributed by atoms with Gasteiger partial charge in [0.2, 0.25) is 0 Å². The number of nitrogens with zero attached hydrogens (tertiary/aromatic N) is 2. The number of hydrogen-bond acceptors (Lipinski definition) is 3. The second kappa shape index (κ2) is 9.13. The molecular weight excluding hydrogens is 397 g/mol. The van der Waals surface area contributed by atoms with E-state index in [-0.39, 0.29) is 5.91 Å². The first-order valence-electron chi connectivity index (χ1n) is 8.94. The van der Waals surface area contributed by atoms with Crippen LogP contribution in [0.5, 0.6) is 5.75 Å². The summed E-state index contributed by atoms with van der Waals surface area (Å²) in [7, 11) is 0. The van der Waals surface area contributed by atoms with Gasteiger partial charge in [-0.15, -0.1) is 0 Å². The molecule has 5 nitrogen and oxygen atoms in total. The molecule has 1 N–H and O–H groups in total. The van der Waals surface area contributed by atoms with Crippen LogP contribution in [0.15, 0.2) is 48.7 Å². The van der Waals surface area contributed by atoms with Gasteiger partial charge in [0, 0.05) is 17.1 Å². The van der Waals surface area contributed by atoms with Crippen LogP contribution in [0, 0.1) is 6.92 Å². The van der Waals surface area contributed by atoms with Crippen LogP contribution in [0.2, 0.25) is 10.0 Å². The maximum absolute atomic E-state index is 12.4. The maximum atomic E-state index is 12.4. The highest BCUT2D eigenvalue weighted by Crippen LogP contribution is 2.22. The normalized spacial score (nSPS) is 10.7. The van der Waals surface area contributed by atoms with Crippen molar-refractivity contribution in [1.82, 2.24) is 15.1 Å². The smallest absolute Gasteiger partial charge is 0.251 e. The topological polar surface area (TPSA) is 56.2 Å². The Labute approximate surface area is 174 Å². The molecule has 0 saturated heterocycles. The van der Waals surface area contributed by atoms with Gasteiger partial charge in [-0.25, -0.2) is 0 Å². The lowest BCUT2D eigenvalue weighted by Gasteiger charge is -2.10. The van der Waals surface area contributed by atoms with Crippen LogP contribution in [-0.4, -0.2) is 15.7 Å². The summed E-state index contributed by atoms with van der Waals surface area (Å²) in [5, 5.41) is 8.30. The molecule has 0 bridgehead atoms. The van der Waals surface area contributed by atoms with Gasteiger partial charge in [-0.05, 0) is 55.3 Å². The van der Waals surface area contributed by atoms with Crippen molar-refractivity contribution >= 4 is 29.1 Å². The second-order valence-corrected chi connectivity index (χ2v) is 7.15. The van der Waals surface area contributed by atoms with Gasteiger partial charge in [0.05, 0.1) is 23.5 Å². The molecule has 146 valence electrons. The highest BCUT2D eigenvalue weighted by Gasteiger charge is 2.11. The number of ether oxygens (including phenoxy) is 1. The van der Waals surface area contributed by atoms with Crippen LogP contribution in [0.1, 0.15) is 34.1 Å². The van der Waals surface area contributed by atoms with E-state index in [9.17, 15) is 4.79 Å². The first-order chi connectivity index (χ1) is 13.5. The number of halogens is 2. The second-order valence-electron chi connectivity index (χ2n) is 6.33. The van der Waals surface area contributed by atoms with E-state index in [4.69, 9.17) is 27.9 Å². The minimum absolute atomic E-state index is 0.166. The number of benzene rings is 2. The van der Waals surface area contributed by atoms with Gasteiger partial charge in [0.1, 0.15) is 12.4 Å². The molecule has 0 atom stereocenters. The molecule has 1 aromatic heterocycles. The lowest BCUT2D eigenvalue weighted by Crippen LogP contribution is -2.24. The molecule has 0 spiro atoms. The van der Waals surface area contributed by atoms with E-state index < -0.39 is 0 Å². The van der Waals surface area contributed by atoms with Crippen LogP contribution in [0.25, 0.3) is 0 Å². The fourth-order valence-electron chi connectivity index (χ4n) is 2.73. The fourth-order valence-corrected chi connectivity index (χ4v) is 3.05. The summed E-state index contributed by atoms with van der Waals surface area (Å²) >= 11 is 12.1. The zero-order valence-electron chi connectivity index (χ0n) is 15.7. The van der Waals surface area contributed by atoms with Crippen LogP contribution in [-0.2, 0) is 19.7 Å². The highest BCUT2D eigenvalue weighted by molar-refractivity contribution is 6.31. The summed E-state index contributed by atoms with van der Waals surface area (Å²) in [6.45, 7) is 5.34. The summed E-state index contributed by atoms with van der Waals surface area (Å²) in [5.74, 6) is 0.592. The van der Waals surface area contributed by atoms with Gasteiger partial charge in [0.15, 0.2) is 0 Å². The van der Waals surface area contributed by atoms with Crippen molar-refractivity contribution in [1.29, 1.82) is 0 Å². The first kappa shape index (κ1) is 20.2. The fraction of sp³-hybridized carbons (Fsp3) is 0.238. The molecule has 28 heavy (non-hydrogen) atoms. The van der Waals surface area contributed by atoms with E-state index in [0.29, 0.717) is 35.3 Å². The first-order valence-corrected chi connectivity index (χ1v) is 9.69. The quantitative estimate of drug-likeness (QED) is 0.586. The predicted molar refractivity (Wildman–Crippen MR) is 111 cm³/mol. The van der Waals surface area contributed by atoms with E-state index in [2.05, 4.69) is 10.4 Å². The minimum atomic E-state index is -0.166. The molecular formula is C21H21Cl2N3O2. The Bertz CT molecular complexity index is 968. The SMILES string of the molecule is CCn1ncc(Cl)c1CNC(=O)c1ccc(COc2ccc(Cl)c(C)c2)cc1. The van der Waals surface area contributed by atoms with Crippen molar-refractivity contribution in [3.63, 3.8) is 0 Å². The number of nitrogens with one attached hydrogen (secondary N) is 1. The van der Waals surface area contributed by atoms with Gasteiger partial charge in [0.25, 0.3) is 5.91 Å². The number of carbonyl (C=O) groups is 1. The van der Waals surface area contributed by atoms with Crippen molar-refractivity contribution in [2.24, 2.45) is 0 Å². The van der Waals surface area contributed by atoms with E-state index in [1.807, 2.05) is 44.2 Å². The molecule has 0 fully saturated rings. The van der Waals surface area contributed by atoms with Crippen molar-refractivity contribution in [2.75, 3.05) is 0 Å². The predicted octanol–water partition coefficient (Wildman–Crippen LogP) is 5.03. The minimum Gasteiger partial charge on any atom is -0.489 e. The summed E-state index contributed by atoms with van der Waals surface area (Å²) in [5.41, 5.74) is 3.30. The summed E-state index contributed by atoms with van der Waals surface area (Å²) < 4.78 is 7.55. The Kier molecular flexibility index (Phi) is 6.60. The number of hydrogen-bond donors (Lipinski definition) is 1. The average Bonchev–Trinajstić information content (AvgIpc) is 3.07. The van der Waals surface area contributed by atoms with Gasteiger partial charge >= 0.3 is 0 Å². The third-order valence-corrected chi connectivity index (χ3v) is 5.10. The molecule has 1 amide bonds. The Hall–Kier alpha value is -2.50. The van der Waals surface area contributed by atoms with E-state index in [1.54, 1.807) is 23.0 Å². The van der Waals surface area contributed by atoms with E-state index in [1.165, 1.54) is 0 Å². The molecule has 0 aliphatic rings. The average molecular weight is 418 g/mol. The molecule has 0 radical (unpaired) electrons. The molecule has 0 saturated carbocycles. The summed E-state index contributed by atoms with van der Waals surface area (Å²) in [4.78, 5) is 12.4. The van der Waals surface area contributed by atoms with Gasteiger partial charge in [-0.3, -0.25) is 9.48 Å². The zero-order chi connectivity index (χ0) is 20.1. The van der Waals surface area contributed by atoms with Crippen molar-refractivity contribution < 1.29 is 9.53 Å². The number of rotatable bonds is 7. The molecule has 3 aromatic rings. The Morgan fingerprint density at radius 2 is 1.89 bits per heavy atom. The third kappa shape index (κ3) is 4.86. The lowest BCUT2D eigenvalue weighted by molar-refractivity contribution is 0.0950. The standard InChI is InChI=1S/C21H21Cl2N3O2/c1-3-26-20(19(23)11-25-26)12-24-21(27)16-6-4-15(5-7-16)13-28-17-8-9-18(22)14(2)10-17/h4-11H,3,12-13H2,1-2H3,(H,24,27). The Morgan fingerprint density at radius 3 is 2.57 bits per heavy atom. The highest BCUT2D eigenvalue weighted by atomic mass is 35.5. The molecule has 0 aliphatic carbocycles. The number of aromatic nitrogens is 2. The lowest BCUT2D eigenvalue weighted by atomic mass is 10.1. The molecule has 0 unspecified atom stereocenters. The monoisotopic (exact) mass is 417 g/mol. The van der Waals surface area contributed by atoms with Crippen LogP contribution in [0.4, 0.5) is 0 Å². The molecule has 7 heteroatoms. The Balaban J connectivity index is 1.56. The number of carbonyl (C=O) groups excluding carboxylic acids is 1. The number of aryl methyl sites for hydroxylation is 2. The van der Waals surface area contributed by atoms with Crippen LogP contribution in [0.3, 0.4) is 0 Å².